The van der Waals surface area contributed by atoms with Gasteiger partial charge >= 0.3 is 0 Å². The highest BCUT2D eigenvalue weighted by atomic mass is 32.2. The fraction of sp³-hybridized carbons (Fsp3) is 0.0513. The van der Waals surface area contributed by atoms with E-state index in [9.17, 15) is 0 Å². The fourth-order valence-corrected chi connectivity index (χ4v) is 8.02. The lowest BCUT2D eigenvalue weighted by molar-refractivity contribution is 0.888. The van der Waals surface area contributed by atoms with E-state index >= 15 is 0 Å². The molecule has 0 aliphatic carbocycles. The average Bonchev–Trinajstić information content (AvgIpc) is 3.44. The van der Waals surface area contributed by atoms with Gasteiger partial charge < -0.3 is 0 Å². The van der Waals surface area contributed by atoms with Crippen LogP contribution in [-0.4, -0.2) is 9.55 Å². The molecule has 2 nitrogen and oxygen atoms in total. The minimum absolute atomic E-state index is 0.883. The molecule has 0 atom stereocenters. The molecule has 0 radical (unpaired) electrons. The van der Waals surface area contributed by atoms with Crippen LogP contribution in [0.2, 0.25) is 0 Å². The van der Waals surface area contributed by atoms with Crippen molar-refractivity contribution in [1.29, 1.82) is 0 Å². The molecule has 42 heavy (non-hydrogen) atoms. The van der Waals surface area contributed by atoms with Gasteiger partial charge in [0.1, 0.15) is 5.82 Å². The van der Waals surface area contributed by atoms with E-state index in [-0.39, 0.29) is 0 Å². The van der Waals surface area contributed by atoms with Crippen molar-refractivity contribution in [3.05, 3.63) is 133 Å². The third-order valence-electron chi connectivity index (χ3n) is 8.72. The van der Waals surface area contributed by atoms with Gasteiger partial charge in [-0.2, -0.15) is 0 Å². The maximum atomic E-state index is 5.02. The van der Waals surface area contributed by atoms with Crippen LogP contribution in [0.1, 0.15) is 12.7 Å². The van der Waals surface area contributed by atoms with Crippen molar-refractivity contribution in [1.82, 2.24) is 9.55 Å². The van der Waals surface area contributed by atoms with Crippen molar-refractivity contribution >= 4 is 55.1 Å². The van der Waals surface area contributed by atoms with Gasteiger partial charge in [-0.1, -0.05) is 122 Å². The molecule has 3 heteroatoms. The summed E-state index contributed by atoms with van der Waals surface area (Å²) in [6, 6.07) is 46.7. The molecule has 1 aliphatic heterocycles. The SMILES string of the molecule is CCc1nc2cccc3c2n1-c1cc(-c2c4ccccc4c(-c4cccc5ccccc45)c4ccccc24)ccc1S3. The van der Waals surface area contributed by atoms with Crippen LogP contribution in [0.25, 0.3) is 71.3 Å². The van der Waals surface area contributed by atoms with Gasteiger partial charge in [0, 0.05) is 16.2 Å². The Bertz CT molecular complexity index is 2320. The first-order valence-electron chi connectivity index (χ1n) is 14.5. The summed E-state index contributed by atoms with van der Waals surface area (Å²) < 4.78 is 2.40. The summed E-state index contributed by atoms with van der Waals surface area (Å²) in [5.74, 6) is 1.11. The molecular weight excluding hydrogens is 529 g/mol. The molecule has 0 saturated carbocycles. The molecule has 0 N–H and O–H groups in total. The first kappa shape index (κ1) is 23.8. The summed E-state index contributed by atoms with van der Waals surface area (Å²) in [5, 5.41) is 7.64. The Morgan fingerprint density at radius 3 is 1.98 bits per heavy atom. The number of aryl methyl sites for hydroxylation is 1. The normalized spacial score (nSPS) is 12.4. The number of rotatable bonds is 3. The standard InChI is InChI=1S/C39H26N2S/c1-2-36-40-32-19-10-20-35-39(32)41(36)33-23-25(21-22-34(33)42-35)37-28-14-5-7-16-30(28)38(31-17-8-6-15-29(31)37)27-18-9-12-24-11-3-4-13-26(24)27/h3-23H,2H2,1H3. The molecule has 0 spiro atoms. The third-order valence-corrected chi connectivity index (χ3v) is 9.84. The van der Waals surface area contributed by atoms with Crippen LogP contribution in [0.4, 0.5) is 0 Å². The highest BCUT2D eigenvalue weighted by molar-refractivity contribution is 7.99. The molecule has 8 aromatic rings. The molecular formula is C39H26N2S. The Labute approximate surface area is 248 Å². The lowest BCUT2D eigenvalue weighted by Crippen LogP contribution is -2.06. The van der Waals surface area contributed by atoms with Crippen LogP contribution >= 0.6 is 11.8 Å². The van der Waals surface area contributed by atoms with Crippen LogP contribution in [0.3, 0.4) is 0 Å². The van der Waals surface area contributed by atoms with E-state index < -0.39 is 0 Å². The Balaban J connectivity index is 1.37. The van der Waals surface area contributed by atoms with E-state index in [1.165, 1.54) is 75.6 Å². The summed E-state index contributed by atoms with van der Waals surface area (Å²) >= 11 is 1.85. The lowest BCUT2D eigenvalue weighted by atomic mass is 9.84. The molecule has 9 rings (SSSR count). The zero-order chi connectivity index (χ0) is 27.8. The maximum Gasteiger partial charge on any atom is 0.114 e. The maximum absolute atomic E-state index is 5.02. The first-order valence-corrected chi connectivity index (χ1v) is 15.4. The van der Waals surface area contributed by atoms with Gasteiger partial charge in [-0.3, -0.25) is 4.57 Å². The highest BCUT2D eigenvalue weighted by Gasteiger charge is 2.24. The zero-order valence-corrected chi connectivity index (χ0v) is 24.0. The number of aromatic nitrogens is 2. The monoisotopic (exact) mass is 554 g/mol. The van der Waals surface area contributed by atoms with E-state index in [2.05, 4.69) is 139 Å². The number of para-hydroxylation sites is 1. The van der Waals surface area contributed by atoms with E-state index in [0.29, 0.717) is 0 Å². The molecule has 0 saturated heterocycles. The van der Waals surface area contributed by atoms with Gasteiger partial charge in [-0.25, -0.2) is 4.98 Å². The largest absolute Gasteiger partial charge is 0.294 e. The number of hydrogen-bond acceptors (Lipinski definition) is 2. The third kappa shape index (κ3) is 3.32. The summed E-state index contributed by atoms with van der Waals surface area (Å²) in [6.45, 7) is 2.20. The number of hydrogen-bond donors (Lipinski definition) is 0. The van der Waals surface area contributed by atoms with E-state index in [0.717, 1.165) is 17.8 Å². The van der Waals surface area contributed by atoms with Gasteiger partial charge in [-0.15, -0.1) is 0 Å². The smallest absolute Gasteiger partial charge is 0.114 e. The Hall–Kier alpha value is -4.86. The Morgan fingerprint density at radius 2 is 1.24 bits per heavy atom. The number of fused-ring (bicyclic) bond motifs is 5. The van der Waals surface area contributed by atoms with Crippen molar-refractivity contribution in [2.24, 2.45) is 0 Å². The predicted octanol–water partition coefficient (Wildman–Crippen LogP) is 10.8. The predicted molar refractivity (Wildman–Crippen MR) is 178 cm³/mol. The number of benzene rings is 7. The van der Waals surface area contributed by atoms with Crippen molar-refractivity contribution in [2.45, 2.75) is 23.1 Å². The molecule has 7 aromatic carbocycles. The first-order chi connectivity index (χ1) is 20.8. The van der Waals surface area contributed by atoms with Crippen molar-refractivity contribution < 1.29 is 0 Å². The van der Waals surface area contributed by atoms with E-state index in [1.54, 1.807) is 0 Å². The van der Waals surface area contributed by atoms with E-state index in [4.69, 9.17) is 4.98 Å². The average molecular weight is 555 g/mol. The topological polar surface area (TPSA) is 17.8 Å². The second-order valence-corrected chi connectivity index (χ2v) is 12.1. The zero-order valence-electron chi connectivity index (χ0n) is 23.1. The summed E-state index contributed by atoms with van der Waals surface area (Å²) in [7, 11) is 0. The molecule has 1 aromatic heterocycles. The van der Waals surface area contributed by atoms with Crippen molar-refractivity contribution in [2.75, 3.05) is 0 Å². The van der Waals surface area contributed by atoms with Crippen LogP contribution < -0.4 is 0 Å². The second kappa shape index (κ2) is 9.07. The summed E-state index contributed by atoms with van der Waals surface area (Å²) in [4.78, 5) is 7.57. The van der Waals surface area contributed by atoms with Gasteiger partial charge in [-0.05, 0) is 78.8 Å². The number of imidazole rings is 1. The van der Waals surface area contributed by atoms with Gasteiger partial charge in [0.2, 0.25) is 0 Å². The van der Waals surface area contributed by atoms with Crippen LogP contribution in [0, 0.1) is 0 Å². The molecule has 0 fully saturated rings. The van der Waals surface area contributed by atoms with Crippen LogP contribution in [0.5, 0.6) is 0 Å². The highest BCUT2D eigenvalue weighted by Crippen LogP contribution is 2.48. The molecule has 1 aliphatic rings. The molecule has 2 heterocycles. The van der Waals surface area contributed by atoms with Gasteiger partial charge in [0.25, 0.3) is 0 Å². The Morgan fingerprint density at radius 1 is 0.595 bits per heavy atom. The van der Waals surface area contributed by atoms with Crippen LogP contribution in [0.15, 0.2) is 137 Å². The molecule has 0 unspecified atom stereocenters. The van der Waals surface area contributed by atoms with Crippen molar-refractivity contribution in [3.8, 4) is 27.9 Å². The number of nitrogens with zero attached hydrogens (tertiary/aromatic N) is 2. The molecule has 0 bridgehead atoms. The van der Waals surface area contributed by atoms with Gasteiger partial charge in [0.15, 0.2) is 0 Å². The van der Waals surface area contributed by atoms with E-state index in [1.807, 2.05) is 11.8 Å². The minimum atomic E-state index is 0.883. The molecule has 198 valence electrons. The fourth-order valence-electron chi connectivity index (χ4n) is 6.95. The van der Waals surface area contributed by atoms with Crippen molar-refractivity contribution in [3.63, 3.8) is 0 Å². The Kier molecular flexibility index (Phi) is 5.14. The van der Waals surface area contributed by atoms with Gasteiger partial charge in [0.05, 0.1) is 16.7 Å². The quantitative estimate of drug-likeness (QED) is 0.202. The second-order valence-electron chi connectivity index (χ2n) is 11.0. The lowest BCUT2D eigenvalue weighted by Gasteiger charge is -2.22. The summed E-state index contributed by atoms with van der Waals surface area (Å²) in [6.07, 6.45) is 0.883. The molecule has 0 amide bonds. The van der Waals surface area contributed by atoms with Crippen LogP contribution in [-0.2, 0) is 6.42 Å². The summed E-state index contributed by atoms with van der Waals surface area (Å²) in [5.41, 5.74) is 8.61. The minimum Gasteiger partial charge on any atom is -0.294 e.